The quantitative estimate of drug-likeness (QED) is 0.655. The van der Waals surface area contributed by atoms with Crippen LogP contribution in [-0.4, -0.2) is 46.7 Å². The number of piperidine rings is 2. The third-order valence-corrected chi connectivity index (χ3v) is 2.66. The largest absolute Gasteiger partial charge is 0.314 e. The summed E-state index contributed by atoms with van der Waals surface area (Å²) in [6.07, 6.45) is 7.23. The van der Waals surface area contributed by atoms with E-state index in [9.17, 15) is 0 Å². The minimum absolute atomic E-state index is 0. The molecule has 0 aromatic carbocycles. The van der Waals surface area contributed by atoms with Crippen LogP contribution < -0.4 is 0 Å². The summed E-state index contributed by atoms with van der Waals surface area (Å²) >= 11 is 0. The summed E-state index contributed by atoms with van der Waals surface area (Å²) in [7, 11) is 0. The normalized spacial score (nSPS) is 23.6. The van der Waals surface area contributed by atoms with E-state index in [1.165, 1.54) is 23.0 Å². The van der Waals surface area contributed by atoms with Gasteiger partial charge in [0.15, 0.2) is 0 Å². The van der Waals surface area contributed by atoms with E-state index in [0.29, 0.717) is 0 Å². The molecule has 15 heavy (non-hydrogen) atoms. The van der Waals surface area contributed by atoms with E-state index in [0.717, 1.165) is 51.9 Å². The number of hydroxylamine groups is 4. The van der Waals surface area contributed by atoms with Crippen molar-refractivity contribution in [3.05, 3.63) is 0 Å². The third-order valence-electron chi connectivity index (χ3n) is 2.66. The van der Waals surface area contributed by atoms with Crippen LogP contribution in [0.15, 0.2) is 0 Å². The first-order chi connectivity index (χ1) is 6.79. The van der Waals surface area contributed by atoms with Gasteiger partial charge in [-0.05, 0) is 25.7 Å². The fourth-order valence-corrected chi connectivity index (χ4v) is 1.75. The molecule has 0 unspecified atom stereocenters. The molecule has 2 aliphatic heterocycles. The van der Waals surface area contributed by atoms with Crippen molar-refractivity contribution in [1.29, 1.82) is 0 Å². The van der Waals surface area contributed by atoms with E-state index in [-0.39, 0.29) is 17.1 Å². The predicted molar refractivity (Wildman–Crippen MR) is 54.4 cm³/mol. The first-order valence-electron chi connectivity index (χ1n) is 5.66. The maximum Gasteiger partial charge on any atom is 0.0238 e. The Bertz CT molecular complexity index is 121. The van der Waals surface area contributed by atoms with Crippen LogP contribution in [0.1, 0.15) is 38.5 Å². The fourth-order valence-electron chi connectivity index (χ4n) is 1.75. The van der Waals surface area contributed by atoms with Gasteiger partial charge in [0, 0.05) is 43.2 Å². The Morgan fingerprint density at radius 1 is 0.533 bits per heavy atom. The van der Waals surface area contributed by atoms with Crippen LogP contribution in [0.3, 0.4) is 0 Å². The number of rotatable bonds is 0. The van der Waals surface area contributed by atoms with Crippen molar-refractivity contribution in [1.82, 2.24) is 10.1 Å². The molecule has 2 aliphatic rings. The fraction of sp³-hybridized carbons (Fsp3) is 1.00. The summed E-state index contributed by atoms with van der Waals surface area (Å²) in [6, 6.07) is 0. The monoisotopic (exact) mass is 265 g/mol. The molecule has 0 saturated carbocycles. The van der Waals surface area contributed by atoms with Crippen LogP contribution in [0.2, 0.25) is 0 Å². The molecule has 0 aromatic rings. The molecule has 2 N–H and O–H groups in total. The van der Waals surface area contributed by atoms with Gasteiger partial charge in [-0.25, -0.2) is 0 Å². The van der Waals surface area contributed by atoms with E-state index < -0.39 is 0 Å². The maximum absolute atomic E-state index is 8.74. The van der Waals surface area contributed by atoms with Gasteiger partial charge < -0.3 is 10.4 Å². The van der Waals surface area contributed by atoms with Crippen molar-refractivity contribution >= 4 is 0 Å². The van der Waals surface area contributed by atoms with Crippen LogP contribution in [0, 0.1) is 0 Å². The van der Waals surface area contributed by atoms with Crippen molar-refractivity contribution in [2.24, 2.45) is 0 Å². The van der Waals surface area contributed by atoms with Crippen LogP contribution in [0.4, 0.5) is 0 Å². The smallest absolute Gasteiger partial charge is 0.0238 e. The number of nitrogens with zero attached hydrogens (tertiary/aromatic N) is 2. The van der Waals surface area contributed by atoms with Crippen LogP contribution in [0.5, 0.6) is 0 Å². The summed E-state index contributed by atoms with van der Waals surface area (Å²) < 4.78 is 0. The minimum atomic E-state index is 0. The molecule has 1 radical (unpaired) electrons. The first-order valence-corrected chi connectivity index (χ1v) is 5.66. The molecule has 0 aromatic heterocycles. The van der Waals surface area contributed by atoms with E-state index in [1.54, 1.807) is 0 Å². The molecule has 4 nitrogen and oxygen atoms in total. The Morgan fingerprint density at radius 2 is 0.800 bits per heavy atom. The predicted octanol–water partition coefficient (Wildman–Crippen LogP) is 1.72. The van der Waals surface area contributed by atoms with Gasteiger partial charge >= 0.3 is 0 Å². The minimum Gasteiger partial charge on any atom is -0.314 e. The molecule has 5 heteroatoms. The Kier molecular flexibility index (Phi) is 9.81. The molecule has 95 valence electrons. The summed E-state index contributed by atoms with van der Waals surface area (Å²) in [5, 5.41) is 20.3. The Morgan fingerprint density at radius 3 is 0.933 bits per heavy atom. The van der Waals surface area contributed by atoms with E-state index >= 15 is 0 Å². The topological polar surface area (TPSA) is 46.9 Å². The second-order valence-corrected chi connectivity index (χ2v) is 4.03. The van der Waals surface area contributed by atoms with Gasteiger partial charge in [-0.1, -0.05) is 12.8 Å². The van der Waals surface area contributed by atoms with Crippen LogP contribution in [0.25, 0.3) is 0 Å². The van der Waals surface area contributed by atoms with Gasteiger partial charge in [0.2, 0.25) is 0 Å². The molecular formula is C10H22CuN2O2. The molecule has 0 bridgehead atoms. The maximum atomic E-state index is 8.74. The van der Waals surface area contributed by atoms with Crippen molar-refractivity contribution in [3.8, 4) is 0 Å². The standard InChI is InChI=1S/2C5H11NO.Cu/c2*7-6-4-2-1-3-5-6;/h2*7H,1-5H2;. The van der Waals surface area contributed by atoms with Gasteiger partial charge in [0.25, 0.3) is 0 Å². The zero-order valence-electron chi connectivity index (χ0n) is 9.16. The van der Waals surface area contributed by atoms with Crippen LogP contribution in [-0.2, 0) is 17.1 Å². The summed E-state index contributed by atoms with van der Waals surface area (Å²) in [5.41, 5.74) is 0. The summed E-state index contributed by atoms with van der Waals surface area (Å²) in [4.78, 5) is 0. The Labute approximate surface area is 103 Å². The number of hydrogen-bond donors (Lipinski definition) is 2. The first kappa shape index (κ1) is 15.4. The average molecular weight is 266 g/mol. The molecule has 0 aliphatic carbocycles. The van der Waals surface area contributed by atoms with Crippen LogP contribution >= 0.6 is 0 Å². The zero-order chi connectivity index (χ0) is 10.2. The molecule has 0 spiro atoms. The summed E-state index contributed by atoms with van der Waals surface area (Å²) in [6.45, 7) is 3.50. The zero-order valence-corrected chi connectivity index (χ0v) is 10.1. The van der Waals surface area contributed by atoms with Crippen molar-refractivity contribution in [2.75, 3.05) is 26.2 Å². The molecule has 0 amide bonds. The van der Waals surface area contributed by atoms with Gasteiger partial charge in [-0.2, -0.15) is 10.1 Å². The SMILES string of the molecule is ON1CCCCC1.ON1CCCCC1.[Cu]. The van der Waals surface area contributed by atoms with E-state index in [2.05, 4.69) is 0 Å². The van der Waals surface area contributed by atoms with Gasteiger partial charge in [0.05, 0.1) is 0 Å². The van der Waals surface area contributed by atoms with Crippen molar-refractivity contribution in [3.63, 3.8) is 0 Å². The van der Waals surface area contributed by atoms with Gasteiger partial charge in [0.1, 0.15) is 0 Å². The van der Waals surface area contributed by atoms with E-state index in [1.807, 2.05) is 0 Å². The van der Waals surface area contributed by atoms with Gasteiger partial charge in [-0.3, -0.25) is 0 Å². The summed E-state index contributed by atoms with van der Waals surface area (Å²) in [5.74, 6) is 0. The average Bonchev–Trinajstić information content (AvgIpc) is 2.21. The second kappa shape index (κ2) is 9.58. The molecule has 0 atom stereocenters. The molecule has 2 saturated heterocycles. The molecular weight excluding hydrogens is 244 g/mol. The second-order valence-electron chi connectivity index (χ2n) is 4.03. The molecule has 2 fully saturated rings. The van der Waals surface area contributed by atoms with E-state index in [4.69, 9.17) is 10.4 Å². The molecule has 2 heterocycles. The van der Waals surface area contributed by atoms with Gasteiger partial charge in [-0.15, -0.1) is 0 Å². The Hall–Kier alpha value is 0.359. The molecule has 2 rings (SSSR count). The van der Waals surface area contributed by atoms with Crippen molar-refractivity contribution < 1.29 is 27.5 Å². The Balaban J connectivity index is 0.000000245. The van der Waals surface area contributed by atoms with Crippen molar-refractivity contribution in [2.45, 2.75) is 38.5 Å². The number of hydrogen-bond acceptors (Lipinski definition) is 4. The third kappa shape index (κ3) is 8.20.